The Morgan fingerprint density at radius 2 is 2.17 bits per heavy atom. The maximum Gasteiger partial charge on any atom is 0.325 e. The second-order valence-electron chi connectivity index (χ2n) is 5.61. The molecule has 0 aliphatic carbocycles. The van der Waals surface area contributed by atoms with Gasteiger partial charge in [0.25, 0.3) is 0 Å². The van der Waals surface area contributed by atoms with Gasteiger partial charge in [-0.2, -0.15) is 4.21 Å². The lowest BCUT2D eigenvalue weighted by atomic mass is 9.86. The Morgan fingerprint density at radius 1 is 1.42 bits per heavy atom. The molecule has 2 fully saturated rings. The van der Waals surface area contributed by atoms with Gasteiger partial charge >= 0.3 is 17.3 Å². The van der Waals surface area contributed by atoms with Gasteiger partial charge in [0.05, 0.1) is 18.8 Å². The van der Waals surface area contributed by atoms with Crippen molar-refractivity contribution in [1.82, 2.24) is 5.32 Å². The third-order valence-electron chi connectivity index (χ3n) is 3.95. The molecule has 24 heavy (non-hydrogen) atoms. The zero-order valence-corrected chi connectivity index (χ0v) is 14.0. The highest BCUT2D eigenvalue weighted by molar-refractivity contribution is 7.74. The molecule has 2 heterocycles. The molecule has 6 unspecified atom stereocenters. The van der Waals surface area contributed by atoms with Gasteiger partial charge in [-0.05, 0) is 18.4 Å². The normalized spacial score (nSPS) is 32.3. The van der Waals surface area contributed by atoms with E-state index in [9.17, 15) is 13.8 Å². The third-order valence-corrected chi connectivity index (χ3v) is 4.34. The molecule has 2 saturated heterocycles. The van der Waals surface area contributed by atoms with Crippen LogP contribution in [0.5, 0.6) is 0 Å². The van der Waals surface area contributed by atoms with Gasteiger partial charge in [-0.15, -0.1) is 0 Å². The second kappa shape index (κ2) is 8.67. The van der Waals surface area contributed by atoms with Crippen LogP contribution in [0.25, 0.3) is 0 Å². The lowest BCUT2D eigenvalue weighted by molar-refractivity contribution is -0.146. The average molecular weight is 363 g/mol. The number of ether oxygens (including phenoxy) is 3. The van der Waals surface area contributed by atoms with Gasteiger partial charge in [0, 0.05) is 0 Å². The van der Waals surface area contributed by atoms with Crippen molar-refractivity contribution in [2.45, 2.75) is 37.8 Å². The summed E-state index contributed by atoms with van der Waals surface area (Å²) >= 11 is -2.41. The minimum atomic E-state index is -2.41. The molecule has 2 aliphatic heterocycles. The number of carbonyl (C=O) groups is 2. The van der Waals surface area contributed by atoms with Gasteiger partial charge in [0.15, 0.2) is 0 Å². The van der Waals surface area contributed by atoms with E-state index in [0.29, 0.717) is 0 Å². The molecule has 0 aromatic carbocycles. The first-order valence-electron chi connectivity index (χ1n) is 7.53. The highest BCUT2D eigenvalue weighted by Crippen LogP contribution is 2.42. The van der Waals surface area contributed by atoms with Gasteiger partial charge in [-0.3, -0.25) is 18.3 Å². The fraction of sp³-hybridized carbons (Fsp3) is 0.714. The van der Waals surface area contributed by atoms with Crippen LogP contribution in [0.4, 0.5) is 0 Å². The Kier molecular flexibility index (Phi) is 6.87. The molecule has 1 amide bonds. The molecule has 6 atom stereocenters. The number of amides is 1. The van der Waals surface area contributed by atoms with Crippen LogP contribution < -0.4 is 5.32 Å². The Bertz CT molecular complexity index is 513. The highest BCUT2D eigenvalue weighted by atomic mass is 32.2. The van der Waals surface area contributed by atoms with E-state index in [1.54, 1.807) is 0 Å². The van der Waals surface area contributed by atoms with Crippen molar-refractivity contribution in [3.63, 3.8) is 0 Å². The fourth-order valence-corrected chi connectivity index (χ4v) is 3.35. The molecule has 2 bridgehead atoms. The van der Waals surface area contributed by atoms with E-state index in [1.165, 1.54) is 0 Å². The Balaban J connectivity index is 1.72. The molecule has 0 aromatic heterocycles. The molecule has 0 aromatic rings. The van der Waals surface area contributed by atoms with Crippen LogP contribution in [0.1, 0.15) is 13.3 Å². The van der Waals surface area contributed by atoms with Gasteiger partial charge in [-0.25, -0.2) is 0 Å². The van der Waals surface area contributed by atoms with Crippen molar-refractivity contribution < 1.29 is 36.7 Å². The van der Waals surface area contributed by atoms with E-state index in [1.807, 2.05) is 6.92 Å². The molecule has 0 spiro atoms. The molecule has 0 saturated carbocycles. The maximum atomic E-state index is 11.4. The molecule has 0 radical (unpaired) electrons. The molecular weight excluding hydrogens is 342 g/mol. The standard InChI is InChI=1S/C14H21NO8S/c1-3-10(16)15-7-11(17)20-4-5-21-14-12-8(2)6-9(22-12)13(14)23-24(18)19/h3,8-9,12-14H,1,4-7H2,2H3,(H,15,16)(H,18,19). The Labute approximate surface area is 142 Å². The predicted octanol–water partition coefficient (Wildman–Crippen LogP) is -0.454. The van der Waals surface area contributed by atoms with Crippen molar-refractivity contribution in [3.8, 4) is 0 Å². The zero-order valence-electron chi connectivity index (χ0n) is 13.2. The van der Waals surface area contributed by atoms with Crippen molar-refractivity contribution in [1.29, 1.82) is 0 Å². The number of hydrogen-bond donors (Lipinski definition) is 2. The van der Waals surface area contributed by atoms with Crippen molar-refractivity contribution in [3.05, 3.63) is 12.7 Å². The van der Waals surface area contributed by atoms with Gasteiger partial charge in [0.1, 0.15) is 25.4 Å². The Hall–Kier alpha value is -1.33. The van der Waals surface area contributed by atoms with Gasteiger partial charge < -0.3 is 19.5 Å². The van der Waals surface area contributed by atoms with E-state index < -0.39 is 35.4 Å². The predicted molar refractivity (Wildman–Crippen MR) is 82.0 cm³/mol. The fourth-order valence-electron chi connectivity index (χ4n) is 2.93. The summed E-state index contributed by atoms with van der Waals surface area (Å²) in [5, 5.41) is 2.30. The summed E-state index contributed by atoms with van der Waals surface area (Å²) in [7, 11) is 0. The number of esters is 1. The summed E-state index contributed by atoms with van der Waals surface area (Å²) in [6, 6.07) is 0. The topological polar surface area (TPSA) is 120 Å². The number of rotatable bonds is 9. The largest absolute Gasteiger partial charge is 0.462 e. The first-order chi connectivity index (χ1) is 11.4. The van der Waals surface area contributed by atoms with E-state index in [2.05, 4.69) is 11.9 Å². The van der Waals surface area contributed by atoms with E-state index in [4.69, 9.17) is 22.9 Å². The molecule has 2 N–H and O–H groups in total. The number of fused-ring (bicyclic) bond motifs is 2. The van der Waals surface area contributed by atoms with Crippen LogP contribution in [0, 0.1) is 5.92 Å². The summed E-state index contributed by atoms with van der Waals surface area (Å²) in [6.45, 7) is 5.09. The van der Waals surface area contributed by atoms with E-state index in [0.717, 1.165) is 12.5 Å². The highest BCUT2D eigenvalue weighted by Gasteiger charge is 2.55. The summed E-state index contributed by atoms with van der Waals surface area (Å²) in [6.07, 6.45) is 0.185. The maximum absolute atomic E-state index is 11.4. The molecule has 2 aliphatic rings. The third kappa shape index (κ3) is 4.84. The number of nitrogens with one attached hydrogen (secondary N) is 1. The first kappa shape index (κ1) is 19.0. The average Bonchev–Trinajstić information content (AvgIpc) is 3.06. The Morgan fingerprint density at radius 3 is 2.83 bits per heavy atom. The summed E-state index contributed by atoms with van der Waals surface area (Å²) in [5.74, 6) is -0.812. The summed E-state index contributed by atoms with van der Waals surface area (Å²) < 4.78 is 41.1. The summed E-state index contributed by atoms with van der Waals surface area (Å²) in [4.78, 5) is 22.3. The van der Waals surface area contributed by atoms with Crippen molar-refractivity contribution >= 4 is 23.2 Å². The zero-order chi connectivity index (χ0) is 17.7. The SMILES string of the molecule is C=CC(=O)NCC(=O)OCCOC1C2OC(CC2C)C1OS(=O)O. The lowest BCUT2D eigenvalue weighted by Crippen LogP contribution is -2.45. The van der Waals surface area contributed by atoms with Crippen LogP contribution in [0.3, 0.4) is 0 Å². The van der Waals surface area contributed by atoms with Crippen molar-refractivity contribution in [2.24, 2.45) is 5.92 Å². The quantitative estimate of drug-likeness (QED) is 0.244. The molecule has 2 rings (SSSR count). The van der Waals surface area contributed by atoms with Crippen LogP contribution in [-0.2, 0) is 39.3 Å². The van der Waals surface area contributed by atoms with Gasteiger partial charge in [-0.1, -0.05) is 13.5 Å². The monoisotopic (exact) mass is 363 g/mol. The molecule has 10 heteroatoms. The summed E-state index contributed by atoms with van der Waals surface area (Å²) in [5.41, 5.74) is 0. The second-order valence-corrected chi connectivity index (χ2v) is 6.23. The molecule has 136 valence electrons. The lowest BCUT2D eigenvalue weighted by Gasteiger charge is -2.29. The van der Waals surface area contributed by atoms with E-state index >= 15 is 0 Å². The first-order valence-corrected chi connectivity index (χ1v) is 8.56. The minimum absolute atomic E-state index is 0.0139. The van der Waals surface area contributed by atoms with Crippen LogP contribution in [-0.4, -0.2) is 64.8 Å². The molecular formula is C14H21NO8S. The number of hydrogen-bond acceptors (Lipinski definition) is 7. The minimum Gasteiger partial charge on any atom is -0.462 e. The van der Waals surface area contributed by atoms with Crippen LogP contribution >= 0.6 is 0 Å². The van der Waals surface area contributed by atoms with Crippen LogP contribution in [0.15, 0.2) is 12.7 Å². The smallest absolute Gasteiger partial charge is 0.325 e. The number of carbonyl (C=O) groups excluding carboxylic acids is 2. The van der Waals surface area contributed by atoms with E-state index in [-0.39, 0.29) is 37.9 Å². The van der Waals surface area contributed by atoms with Crippen molar-refractivity contribution in [2.75, 3.05) is 19.8 Å². The van der Waals surface area contributed by atoms with Crippen LogP contribution in [0.2, 0.25) is 0 Å². The molecule has 9 nitrogen and oxygen atoms in total. The van der Waals surface area contributed by atoms with Gasteiger partial charge in [0.2, 0.25) is 5.91 Å².